The Morgan fingerprint density at radius 2 is 1.19 bits per heavy atom. The normalized spacial score (nSPS) is 12.3. The molecule has 5 heterocycles. The number of rotatable bonds is 2. The van der Waals surface area contributed by atoms with E-state index < -0.39 is 0 Å². The Hall–Kier alpha value is -5.42. The second-order valence-electron chi connectivity index (χ2n) is 13.1. The number of aromatic nitrogens is 6. The molecule has 0 amide bonds. The molecule has 0 saturated carbocycles. The molecule has 10 aromatic rings. The molecule has 0 radical (unpaired) electrons. The summed E-state index contributed by atoms with van der Waals surface area (Å²) in [5, 5.41) is 4.87. The van der Waals surface area contributed by atoms with Gasteiger partial charge in [0.05, 0.1) is 38.9 Å². The average molecular weight is 713 g/mol. The number of para-hydroxylation sites is 4. The van der Waals surface area contributed by atoms with Crippen molar-refractivity contribution in [1.29, 1.82) is 0 Å². The van der Waals surface area contributed by atoms with Crippen molar-refractivity contribution in [3.05, 3.63) is 121 Å². The van der Waals surface area contributed by atoms with E-state index in [-0.39, 0.29) is 25.8 Å². The van der Waals surface area contributed by atoms with Crippen molar-refractivity contribution in [2.24, 2.45) is 0 Å². The molecule has 0 unspecified atom stereocenters. The summed E-state index contributed by atoms with van der Waals surface area (Å²) in [6, 6.07) is 38.2. The molecule has 5 aromatic heterocycles. The van der Waals surface area contributed by atoms with Gasteiger partial charge in [-0.3, -0.25) is 15.0 Å². The Morgan fingerprint density at radius 3 is 1.90 bits per heavy atom. The van der Waals surface area contributed by atoms with Crippen LogP contribution in [0.4, 0.5) is 0 Å². The van der Waals surface area contributed by atoms with E-state index in [4.69, 9.17) is 19.7 Å². The third-order valence-electron chi connectivity index (χ3n) is 9.17. The van der Waals surface area contributed by atoms with Crippen LogP contribution >= 0.6 is 0 Å². The van der Waals surface area contributed by atoms with Gasteiger partial charge in [-0.1, -0.05) is 103 Å². The first-order valence-electron chi connectivity index (χ1n) is 15.7. The van der Waals surface area contributed by atoms with Crippen molar-refractivity contribution >= 4 is 77.0 Å². The number of imidazole rings is 2. The van der Waals surface area contributed by atoms with Crippen LogP contribution in [0.5, 0.6) is 11.5 Å². The third kappa shape index (κ3) is 4.10. The number of hydrogen-bond acceptors (Lipinski definition) is 5. The van der Waals surface area contributed by atoms with Crippen LogP contribution in [0.2, 0.25) is 0 Å². The molecule has 232 valence electrons. The number of ether oxygens (including phenoxy) is 1. The number of hydrogen-bond donors (Lipinski definition) is 0. The van der Waals surface area contributed by atoms with Crippen molar-refractivity contribution in [3.63, 3.8) is 0 Å². The molecule has 0 N–H and O–H groups in total. The maximum Gasteiger partial charge on any atom is 2.00 e. The summed E-state index contributed by atoms with van der Waals surface area (Å²) in [5.41, 5.74) is 9.40. The molecule has 7 nitrogen and oxygen atoms in total. The fraction of sp³-hybridized carbons (Fsp3) is 0.100. The molecule has 10 rings (SSSR count). The summed E-state index contributed by atoms with van der Waals surface area (Å²) in [6.45, 7) is 6.73. The van der Waals surface area contributed by atoms with Crippen LogP contribution in [0.1, 0.15) is 26.3 Å². The van der Waals surface area contributed by atoms with E-state index in [2.05, 4.69) is 89.2 Å². The number of nitrogens with zero attached hydrogens (tertiary/aromatic N) is 6. The predicted octanol–water partition coefficient (Wildman–Crippen LogP) is 9.38. The largest absolute Gasteiger partial charge is 2.00 e. The van der Waals surface area contributed by atoms with E-state index >= 15 is 0 Å². The van der Waals surface area contributed by atoms with Gasteiger partial charge in [0, 0.05) is 29.4 Å². The Balaban J connectivity index is 0.00000314. The maximum atomic E-state index is 6.52. The van der Waals surface area contributed by atoms with Crippen molar-refractivity contribution in [2.75, 3.05) is 0 Å². The molecular weight excluding hydrogens is 687 g/mol. The monoisotopic (exact) mass is 712 g/mol. The van der Waals surface area contributed by atoms with Gasteiger partial charge < -0.3 is 13.5 Å². The van der Waals surface area contributed by atoms with Crippen molar-refractivity contribution in [2.45, 2.75) is 26.2 Å². The van der Waals surface area contributed by atoms with Crippen LogP contribution in [0.25, 0.3) is 77.0 Å². The maximum absolute atomic E-state index is 6.52. The summed E-state index contributed by atoms with van der Waals surface area (Å²) in [6.07, 6.45) is 3.43. The topological polar surface area (TPSA) is 69.6 Å². The van der Waals surface area contributed by atoms with E-state index in [9.17, 15) is 0 Å². The zero-order chi connectivity index (χ0) is 31.4. The van der Waals surface area contributed by atoms with Crippen molar-refractivity contribution < 1.29 is 25.2 Å². The van der Waals surface area contributed by atoms with Crippen LogP contribution in [0.15, 0.2) is 103 Å². The van der Waals surface area contributed by atoms with Gasteiger partial charge in [-0.25, -0.2) is 4.98 Å². The second-order valence-corrected chi connectivity index (χ2v) is 13.1. The predicted molar refractivity (Wildman–Crippen MR) is 187 cm³/mol. The molecule has 5 aromatic carbocycles. The van der Waals surface area contributed by atoms with Gasteiger partial charge in [-0.2, -0.15) is 0 Å². The van der Waals surface area contributed by atoms with Gasteiger partial charge in [0.2, 0.25) is 0 Å². The quantitative estimate of drug-likeness (QED) is 0.102. The zero-order valence-corrected chi connectivity index (χ0v) is 27.8. The third-order valence-corrected chi connectivity index (χ3v) is 9.17. The standard InChI is InChI=1S/C40H26N6O.Pd/c1-40(2,3)23-12-17-33-28(20-23)26-15-13-24(21-29(26)37-43-31-8-4-6-10-34(31)45(33)37)47-25-14-16-27-30(22-25)38-44-32-9-5-7-11-35(32)46(38)39-36(27)41-18-19-42-39;/h4-20H,1-3H3;/q-2;+2. The van der Waals surface area contributed by atoms with E-state index in [1.54, 1.807) is 12.4 Å². The SMILES string of the molecule is CC(C)(C)c1ccc2c(c1)c1ccc(Oc3[c-]c4c(cc3)c3nccnc3n3c5ccccc5nc43)[c-]c1c1nc3ccccc3n21.[Pd+2]. The van der Waals surface area contributed by atoms with Crippen LogP contribution in [0, 0.1) is 12.1 Å². The van der Waals surface area contributed by atoms with Gasteiger partial charge in [0.25, 0.3) is 0 Å². The molecule has 0 atom stereocenters. The fourth-order valence-corrected chi connectivity index (χ4v) is 6.90. The van der Waals surface area contributed by atoms with E-state index in [1.807, 2.05) is 48.5 Å². The molecule has 0 spiro atoms. The minimum atomic E-state index is 0. The first-order chi connectivity index (χ1) is 22.9. The summed E-state index contributed by atoms with van der Waals surface area (Å²) in [5.74, 6) is 1.14. The van der Waals surface area contributed by atoms with Gasteiger partial charge in [-0.05, 0) is 46.7 Å². The number of benzene rings is 5. The zero-order valence-electron chi connectivity index (χ0n) is 26.2. The molecule has 0 aliphatic carbocycles. The van der Waals surface area contributed by atoms with E-state index in [1.165, 1.54) is 5.56 Å². The second kappa shape index (κ2) is 10.3. The molecular formula is C40H26N6OPd. The molecule has 48 heavy (non-hydrogen) atoms. The Bertz CT molecular complexity index is 2940. The van der Waals surface area contributed by atoms with Gasteiger partial charge in [0.1, 0.15) is 5.65 Å². The molecule has 8 heteroatoms. The summed E-state index contributed by atoms with van der Waals surface area (Å²) in [4.78, 5) is 19.4. The van der Waals surface area contributed by atoms with Gasteiger partial charge >= 0.3 is 20.4 Å². The Kier molecular flexibility index (Phi) is 6.17. The van der Waals surface area contributed by atoms with Crippen LogP contribution in [0.3, 0.4) is 0 Å². The van der Waals surface area contributed by atoms with Crippen LogP contribution < -0.4 is 4.74 Å². The number of fused-ring (bicyclic) bond motifs is 16. The molecule has 0 fully saturated rings. The first-order valence-corrected chi connectivity index (χ1v) is 15.7. The van der Waals surface area contributed by atoms with E-state index in [0.717, 1.165) is 77.0 Å². The molecule has 0 aliphatic rings. The smallest absolute Gasteiger partial charge is 0.497 e. The minimum absolute atomic E-state index is 0. The van der Waals surface area contributed by atoms with Crippen LogP contribution in [-0.2, 0) is 25.8 Å². The summed E-state index contributed by atoms with van der Waals surface area (Å²) in [7, 11) is 0. The summed E-state index contributed by atoms with van der Waals surface area (Å²) < 4.78 is 10.8. The summed E-state index contributed by atoms with van der Waals surface area (Å²) >= 11 is 0. The van der Waals surface area contributed by atoms with Crippen LogP contribution in [-0.4, -0.2) is 28.7 Å². The van der Waals surface area contributed by atoms with Crippen molar-refractivity contribution in [1.82, 2.24) is 28.7 Å². The van der Waals surface area contributed by atoms with Gasteiger partial charge in [0.15, 0.2) is 0 Å². The first kappa shape index (κ1) is 28.8. The molecule has 0 aliphatic heterocycles. The Labute approximate surface area is 288 Å². The van der Waals surface area contributed by atoms with E-state index in [0.29, 0.717) is 11.5 Å². The molecule has 0 bridgehead atoms. The van der Waals surface area contributed by atoms with Gasteiger partial charge in [-0.15, -0.1) is 12.1 Å². The Morgan fingerprint density at radius 1 is 0.583 bits per heavy atom. The molecule has 0 saturated heterocycles. The number of pyridine rings is 2. The van der Waals surface area contributed by atoms with Crippen molar-refractivity contribution in [3.8, 4) is 11.5 Å². The average Bonchev–Trinajstić information content (AvgIpc) is 3.68. The fourth-order valence-electron chi connectivity index (χ4n) is 6.90. The minimum Gasteiger partial charge on any atom is -0.497 e.